The molecule has 0 aliphatic rings. The highest BCUT2D eigenvalue weighted by atomic mass is 19.1. The number of nitrogens with two attached hydrogens (primary N) is 3. The number of aromatic nitrogens is 2. The number of amidine groups is 1. The van der Waals surface area contributed by atoms with Gasteiger partial charge in [0.05, 0.1) is 19.5 Å². The molecule has 0 saturated heterocycles. The molecular weight excluding hydrogens is 373 g/mol. The maximum absolute atomic E-state index is 15.2. The fraction of sp³-hybridized carbons (Fsp3) is 0.300. The SMILES string of the molecule is CCC(F)(CCN)c1ccc(/C(N)=C/C(N)=Nc2cnc(C#N)cn2)c(OC)c1. The van der Waals surface area contributed by atoms with Gasteiger partial charge in [-0.25, -0.2) is 19.4 Å². The summed E-state index contributed by atoms with van der Waals surface area (Å²) in [6.45, 7) is 2.01. The van der Waals surface area contributed by atoms with Gasteiger partial charge in [0.2, 0.25) is 0 Å². The van der Waals surface area contributed by atoms with Crippen LogP contribution in [0.3, 0.4) is 0 Å². The van der Waals surface area contributed by atoms with Crippen molar-refractivity contribution in [2.45, 2.75) is 25.4 Å². The lowest BCUT2D eigenvalue weighted by Gasteiger charge is -2.25. The van der Waals surface area contributed by atoms with Gasteiger partial charge in [0.1, 0.15) is 23.3 Å². The minimum absolute atomic E-state index is 0.0872. The summed E-state index contributed by atoms with van der Waals surface area (Å²) < 4.78 is 20.6. The predicted octanol–water partition coefficient (Wildman–Crippen LogP) is 2.27. The number of alkyl halides is 1. The van der Waals surface area contributed by atoms with Crippen LogP contribution in [0.2, 0.25) is 0 Å². The number of methoxy groups -OCH3 is 1. The normalized spacial score (nSPS) is 14.2. The molecule has 1 heterocycles. The number of nitriles is 1. The molecule has 0 aliphatic carbocycles. The maximum atomic E-state index is 15.2. The van der Waals surface area contributed by atoms with Crippen LogP contribution in [0.4, 0.5) is 10.2 Å². The van der Waals surface area contributed by atoms with E-state index >= 15 is 4.39 Å². The number of nitrogens with zero attached hydrogens (tertiary/aromatic N) is 4. The second kappa shape index (κ2) is 9.61. The summed E-state index contributed by atoms with van der Waals surface area (Å²) in [4.78, 5) is 11.9. The van der Waals surface area contributed by atoms with Crippen LogP contribution in [0, 0.1) is 11.3 Å². The van der Waals surface area contributed by atoms with Gasteiger partial charge in [-0.05, 0) is 37.1 Å². The van der Waals surface area contributed by atoms with Crippen LogP contribution < -0.4 is 21.9 Å². The average molecular weight is 397 g/mol. The number of hydrogen-bond acceptors (Lipinski definition) is 7. The quantitative estimate of drug-likeness (QED) is 0.457. The Labute approximate surface area is 168 Å². The first kappa shape index (κ1) is 21.8. The van der Waals surface area contributed by atoms with Crippen LogP contribution in [0.15, 0.2) is 41.7 Å². The Morgan fingerprint density at radius 3 is 2.66 bits per heavy atom. The van der Waals surface area contributed by atoms with Gasteiger partial charge in [-0.2, -0.15) is 5.26 Å². The van der Waals surface area contributed by atoms with Gasteiger partial charge < -0.3 is 21.9 Å². The average Bonchev–Trinajstić information content (AvgIpc) is 2.73. The molecule has 2 aromatic rings. The van der Waals surface area contributed by atoms with E-state index in [9.17, 15) is 0 Å². The summed E-state index contributed by atoms with van der Waals surface area (Å²) in [5, 5.41) is 8.74. The first-order chi connectivity index (χ1) is 13.9. The highest BCUT2D eigenvalue weighted by Crippen LogP contribution is 2.36. The molecule has 0 bridgehead atoms. The van der Waals surface area contributed by atoms with Crippen LogP contribution in [0.1, 0.15) is 36.6 Å². The highest BCUT2D eigenvalue weighted by Gasteiger charge is 2.30. The molecule has 0 radical (unpaired) electrons. The second-order valence-corrected chi connectivity index (χ2v) is 6.28. The van der Waals surface area contributed by atoms with E-state index in [1.165, 1.54) is 25.6 Å². The Morgan fingerprint density at radius 2 is 2.10 bits per heavy atom. The molecule has 152 valence electrons. The van der Waals surface area contributed by atoms with Crippen molar-refractivity contribution in [3.8, 4) is 11.8 Å². The molecule has 2 rings (SSSR count). The topological polar surface area (TPSA) is 149 Å². The number of aliphatic imine (C=N–C) groups is 1. The molecule has 8 nitrogen and oxygen atoms in total. The molecule has 0 fully saturated rings. The van der Waals surface area contributed by atoms with E-state index in [1.54, 1.807) is 25.1 Å². The Bertz CT molecular complexity index is 950. The molecule has 1 atom stereocenters. The van der Waals surface area contributed by atoms with Crippen molar-refractivity contribution in [1.29, 1.82) is 5.26 Å². The maximum Gasteiger partial charge on any atom is 0.172 e. The minimum atomic E-state index is -1.53. The smallest absolute Gasteiger partial charge is 0.172 e. The zero-order valence-corrected chi connectivity index (χ0v) is 16.4. The fourth-order valence-electron chi connectivity index (χ4n) is 2.80. The summed E-state index contributed by atoms with van der Waals surface area (Å²) >= 11 is 0. The van der Waals surface area contributed by atoms with Crippen molar-refractivity contribution < 1.29 is 9.13 Å². The first-order valence-corrected chi connectivity index (χ1v) is 8.98. The van der Waals surface area contributed by atoms with Crippen molar-refractivity contribution in [2.24, 2.45) is 22.2 Å². The van der Waals surface area contributed by atoms with E-state index in [4.69, 9.17) is 27.2 Å². The largest absolute Gasteiger partial charge is 0.496 e. The van der Waals surface area contributed by atoms with E-state index in [-0.39, 0.29) is 36.0 Å². The Morgan fingerprint density at radius 1 is 1.34 bits per heavy atom. The molecular formula is C20H24FN7O. The third-order valence-corrected chi connectivity index (χ3v) is 4.43. The molecule has 1 aromatic carbocycles. The number of rotatable bonds is 8. The third-order valence-electron chi connectivity index (χ3n) is 4.43. The molecule has 1 unspecified atom stereocenters. The van der Waals surface area contributed by atoms with Crippen molar-refractivity contribution in [3.63, 3.8) is 0 Å². The van der Waals surface area contributed by atoms with Gasteiger partial charge in [-0.3, -0.25) is 0 Å². The number of ether oxygens (including phenoxy) is 1. The van der Waals surface area contributed by atoms with E-state index in [0.717, 1.165) is 0 Å². The van der Waals surface area contributed by atoms with Crippen LogP contribution in [0.25, 0.3) is 5.70 Å². The van der Waals surface area contributed by atoms with Crippen LogP contribution in [-0.2, 0) is 5.67 Å². The van der Waals surface area contributed by atoms with Gasteiger partial charge in [0.15, 0.2) is 11.5 Å². The molecule has 1 aromatic heterocycles. The zero-order chi connectivity index (χ0) is 21.4. The van der Waals surface area contributed by atoms with E-state index in [1.807, 2.05) is 6.07 Å². The molecule has 0 saturated carbocycles. The predicted molar refractivity (Wildman–Crippen MR) is 110 cm³/mol. The lowest BCUT2D eigenvalue weighted by Crippen LogP contribution is -2.23. The molecule has 6 N–H and O–H groups in total. The Balaban J connectivity index is 2.34. The van der Waals surface area contributed by atoms with Gasteiger partial charge in [-0.15, -0.1) is 0 Å². The first-order valence-electron chi connectivity index (χ1n) is 8.98. The molecule has 29 heavy (non-hydrogen) atoms. The van der Waals surface area contributed by atoms with Crippen molar-refractivity contribution in [3.05, 3.63) is 53.5 Å². The summed E-state index contributed by atoms with van der Waals surface area (Å²) in [5.41, 5.74) is 17.6. The third kappa shape index (κ3) is 5.27. The van der Waals surface area contributed by atoms with E-state index in [2.05, 4.69) is 15.0 Å². The zero-order valence-electron chi connectivity index (χ0n) is 16.4. The van der Waals surface area contributed by atoms with Crippen LogP contribution >= 0.6 is 0 Å². The molecule has 9 heteroatoms. The monoisotopic (exact) mass is 397 g/mol. The fourth-order valence-corrected chi connectivity index (χ4v) is 2.80. The van der Waals surface area contributed by atoms with Crippen LogP contribution in [0.5, 0.6) is 5.75 Å². The summed E-state index contributed by atoms with van der Waals surface area (Å²) in [6, 6.07) is 6.83. The Kier molecular flexibility index (Phi) is 7.22. The Hall–Kier alpha value is -3.51. The molecule has 0 spiro atoms. The lowest BCUT2D eigenvalue weighted by molar-refractivity contribution is 0.147. The van der Waals surface area contributed by atoms with Gasteiger partial charge in [0, 0.05) is 17.3 Å². The summed E-state index contributed by atoms with van der Waals surface area (Å²) in [5.74, 6) is 0.735. The highest BCUT2D eigenvalue weighted by molar-refractivity contribution is 5.99. The number of hydrogen-bond donors (Lipinski definition) is 3. The van der Waals surface area contributed by atoms with Crippen molar-refractivity contribution in [1.82, 2.24) is 9.97 Å². The second-order valence-electron chi connectivity index (χ2n) is 6.28. The summed E-state index contributed by atoms with van der Waals surface area (Å²) in [7, 11) is 1.48. The standard InChI is InChI=1S/C20H24FN7O/c1-3-20(21,6-7-22)13-4-5-15(17(8-13)29-2)16(24)9-18(25)28-19-12-26-14(10-23)11-27-19/h4-5,8-9,11-12H,3,6-7,22,24H2,1-2H3,(H2,25,27,28)/b16-9-. The van der Waals surface area contributed by atoms with Gasteiger partial charge in [-0.1, -0.05) is 13.0 Å². The van der Waals surface area contributed by atoms with Gasteiger partial charge in [0.25, 0.3) is 0 Å². The van der Waals surface area contributed by atoms with Gasteiger partial charge >= 0.3 is 0 Å². The van der Waals surface area contributed by atoms with Crippen LogP contribution in [-0.4, -0.2) is 29.5 Å². The van der Waals surface area contributed by atoms with Crippen molar-refractivity contribution >= 4 is 17.4 Å². The minimum Gasteiger partial charge on any atom is -0.496 e. The molecule has 0 aliphatic heterocycles. The molecule has 0 amide bonds. The van der Waals surface area contributed by atoms with E-state index < -0.39 is 5.67 Å². The number of halogens is 1. The summed E-state index contributed by atoms with van der Waals surface area (Å²) in [6.07, 6.45) is 4.57. The van der Waals surface area contributed by atoms with Crippen molar-refractivity contribution in [2.75, 3.05) is 13.7 Å². The lowest BCUT2D eigenvalue weighted by atomic mass is 9.88. The van der Waals surface area contributed by atoms with E-state index in [0.29, 0.717) is 23.3 Å². The number of benzene rings is 1.